The van der Waals surface area contributed by atoms with Crippen molar-refractivity contribution in [3.05, 3.63) is 104 Å². The Hall–Kier alpha value is -1.99. The highest BCUT2D eigenvalue weighted by molar-refractivity contribution is 9.10. The first kappa shape index (κ1) is 28.6. The Balaban J connectivity index is 1.84. The van der Waals surface area contributed by atoms with E-state index in [4.69, 9.17) is 23.2 Å². The number of thioether (sulfide) groups is 1. The molecule has 1 atom stereocenters. The van der Waals surface area contributed by atoms with Gasteiger partial charge in [0, 0.05) is 39.3 Å². The Labute approximate surface area is 235 Å². The van der Waals surface area contributed by atoms with Crippen molar-refractivity contribution in [3.63, 3.8) is 0 Å². The molecule has 0 aliphatic rings. The van der Waals surface area contributed by atoms with Crippen molar-refractivity contribution < 1.29 is 9.59 Å². The average molecular weight is 608 g/mol. The van der Waals surface area contributed by atoms with Crippen molar-refractivity contribution in [2.45, 2.75) is 44.6 Å². The van der Waals surface area contributed by atoms with Gasteiger partial charge in [0.2, 0.25) is 11.8 Å². The number of nitrogens with one attached hydrogen (secondary N) is 1. The van der Waals surface area contributed by atoms with Crippen molar-refractivity contribution in [1.29, 1.82) is 0 Å². The summed E-state index contributed by atoms with van der Waals surface area (Å²) in [5, 5.41) is 4.16. The minimum atomic E-state index is -0.648. The van der Waals surface area contributed by atoms with E-state index in [1.807, 2.05) is 74.5 Å². The number of hydrogen-bond donors (Lipinski definition) is 1. The van der Waals surface area contributed by atoms with Crippen molar-refractivity contribution in [1.82, 2.24) is 10.2 Å². The van der Waals surface area contributed by atoms with E-state index in [9.17, 15) is 9.59 Å². The van der Waals surface area contributed by atoms with Crippen LogP contribution < -0.4 is 5.32 Å². The lowest BCUT2D eigenvalue weighted by molar-refractivity contribution is -0.139. The van der Waals surface area contributed by atoms with Gasteiger partial charge in [-0.25, -0.2) is 0 Å². The summed E-state index contributed by atoms with van der Waals surface area (Å²) in [6.45, 7) is 4.17. The van der Waals surface area contributed by atoms with Gasteiger partial charge in [-0.1, -0.05) is 87.7 Å². The third-order valence-electron chi connectivity index (χ3n) is 5.47. The molecule has 1 N–H and O–H groups in total. The Morgan fingerprint density at radius 3 is 2.31 bits per heavy atom. The third-order valence-corrected chi connectivity index (χ3v) is 7.55. The number of halogens is 3. The molecule has 0 aliphatic carbocycles. The van der Waals surface area contributed by atoms with Gasteiger partial charge in [0.15, 0.2) is 0 Å². The molecule has 0 fully saturated rings. The summed E-state index contributed by atoms with van der Waals surface area (Å²) in [5.74, 6) is 0.517. The lowest BCUT2D eigenvalue weighted by Gasteiger charge is -2.32. The van der Waals surface area contributed by atoms with Crippen LogP contribution in [0.3, 0.4) is 0 Å². The molecule has 4 nitrogen and oxygen atoms in total. The van der Waals surface area contributed by atoms with Crippen molar-refractivity contribution >= 4 is 62.7 Å². The molecule has 8 heteroatoms. The van der Waals surface area contributed by atoms with E-state index in [1.165, 1.54) is 11.8 Å². The van der Waals surface area contributed by atoms with Crippen LogP contribution in [-0.4, -0.2) is 34.6 Å². The maximum absolute atomic E-state index is 13.6. The van der Waals surface area contributed by atoms with Crippen LogP contribution in [0.1, 0.15) is 30.5 Å². The summed E-state index contributed by atoms with van der Waals surface area (Å²) < 4.78 is 0.956. The van der Waals surface area contributed by atoms with Crippen LogP contribution in [0.15, 0.2) is 77.3 Å². The van der Waals surface area contributed by atoms with Gasteiger partial charge in [0.25, 0.3) is 0 Å². The summed E-state index contributed by atoms with van der Waals surface area (Å²) >= 11 is 17.2. The smallest absolute Gasteiger partial charge is 0.243 e. The zero-order chi connectivity index (χ0) is 26.1. The zero-order valence-electron chi connectivity index (χ0n) is 20.2. The highest BCUT2D eigenvalue weighted by Gasteiger charge is 2.30. The second-order valence-electron chi connectivity index (χ2n) is 8.75. The van der Waals surface area contributed by atoms with E-state index in [-0.39, 0.29) is 23.6 Å². The molecular formula is C28H29BrCl2N2O2S. The molecule has 3 aromatic carbocycles. The van der Waals surface area contributed by atoms with Crippen LogP contribution in [0.5, 0.6) is 0 Å². The topological polar surface area (TPSA) is 49.4 Å². The van der Waals surface area contributed by atoms with Gasteiger partial charge in [-0.2, -0.15) is 0 Å². The Morgan fingerprint density at radius 1 is 0.972 bits per heavy atom. The lowest BCUT2D eigenvalue weighted by atomic mass is 10.0. The summed E-state index contributed by atoms with van der Waals surface area (Å²) in [6.07, 6.45) is 0.426. The van der Waals surface area contributed by atoms with Gasteiger partial charge in [-0.05, 0) is 54.8 Å². The molecule has 0 aliphatic heterocycles. The van der Waals surface area contributed by atoms with Crippen LogP contribution >= 0.6 is 50.9 Å². The maximum Gasteiger partial charge on any atom is 0.243 e. The van der Waals surface area contributed by atoms with E-state index in [2.05, 4.69) is 21.2 Å². The summed E-state index contributed by atoms with van der Waals surface area (Å²) in [6, 6.07) is 22.3. The van der Waals surface area contributed by atoms with Crippen LogP contribution in [0.4, 0.5) is 0 Å². The molecule has 36 heavy (non-hydrogen) atoms. The van der Waals surface area contributed by atoms with Crippen molar-refractivity contribution in [3.8, 4) is 0 Å². The largest absolute Gasteiger partial charge is 0.352 e. The Morgan fingerprint density at radius 2 is 1.67 bits per heavy atom. The van der Waals surface area contributed by atoms with Gasteiger partial charge in [-0.3, -0.25) is 9.59 Å². The molecule has 190 valence electrons. The van der Waals surface area contributed by atoms with Gasteiger partial charge in [0.05, 0.1) is 5.75 Å². The summed E-state index contributed by atoms with van der Waals surface area (Å²) in [5.41, 5.74) is 2.86. The van der Waals surface area contributed by atoms with E-state index in [1.54, 1.807) is 17.0 Å². The van der Waals surface area contributed by atoms with Crippen LogP contribution in [0, 0.1) is 0 Å². The first-order valence-electron chi connectivity index (χ1n) is 11.6. The third kappa shape index (κ3) is 8.84. The molecule has 0 saturated carbocycles. The van der Waals surface area contributed by atoms with Crippen LogP contribution in [0.25, 0.3) is 0 Å². The fourth-order valence-corrected chi connectivity index (χ4v) is 5.42. The number of nitrogens with zero attached hydrogens (tertiary/aromatic N) is 1. The standard InChI is InChI=1S/C28H29BrCl2N2O2S/c1-19(2)32-28(35)26(14-20-6-4-3-5-7-20)33(16-21-8-11-23(29)12-9-21)27(34)18-36-17-22-10-13-24(30)15-25(22)31/h3-13,15,19,26H,14,16-18H2,1-2H3,(H,32,35). The average Bonchev–Trinajstić information content (AvgIpc) is 2.84. The Bertz CT molecular complexity index is 1160. The van der Waals surface area contributed by atoms with Gasteiger partial charge in [-0.15, -0.1) is 11.8 Å². The molecule has 0 saturated heterocycles. The molecule has 0 aromatic heterocycles. The number of rotatable bonds is 11. The molecule has 0 heterocycles. The lowest BCUT2D eigenvalue weighted by Crippen LogP contribution is -2.52. The molecule has 3 rings (SSSR count). The van der Waals surface area contributed by atoms with Crippen LogP contribution in [-0.2, 0) is 28.3 Å². The molecule has 1 unspecified atom stereocenters. The highest BCUT2D eigenvalue weighted by atomic mass is 79.9. The molecule has 2 amide bonds. The molecular weight excluding hydrogens is 579 g/mol. The first-order valence-corrected chi connectivity index (χ1v) is 14.3. The summed E-state index contributed by atoms with van der Waals surface area (Å²) in [7, 11) is 0. The Kier molecular flexibility index (Phi) is 11.2. The maximum atomic E-state index is 13.6. The van der Waals surface area contributed by atoms with E-state index in [0.717, 1.165) is 21.2 Å². The number of carbonyl (C=O) groups is 2. The number of carbonyl (C=O) groups excluding carboxylic acids is 2. The second kappa shape index (κ2) is 14.1. The van der Waals surface area contributed by atoms with Crippen LogP contribution in [0.2, 0.25) is 10.0 Å². The van der Waals surface area contributed by atoms with Crippen molar-refractivity contribution in [2.75, 3.05) is 5.75 Å². The van der Waals surface area contributed by atoms with Crippen molar-refractivity contribution in [2.24, 2.45) is 0 Å². The van der Waals surface area contributed by atoms with Gasteiger partial charge in [0.1, 0.15) is 6.04 Å². The SMILES string of the molecule is CC(C)NC(=O)C(Cc1ccccc1)N(Cc1ccc(Br)cc1)C(=O)CSCc1ccc(Cl)cc1Cl. The fourth-order valence-electron chi connectivity index (χ4n) is 3.69. The minimum absolute atomic E-state index is 0.0400. The molecule has 0 bridgehead atoms. The van der Waals surface area contributed by atoms with Gasteiger partial charge >= 0.3 is 0 Å². The fraction of sp³-hybridized carbons (Fsp3) is 0.286. The molecule has 3 aromatic rings. The number of amides is 2. The number of benzene rings is 3. The summed E-state index contributed by atoms with van der Waals surface area (Å²) in [4.78, 5) is 28.7. The molecule has 0 radical (unpaired) electrons. The zero-order valence-corrected chi connectivity index (χ0v) is 24.1. The predicted octanol–water partition coefficient (Wildman–Crippen LogP) is 7.15. The number of hydrogen-bond acceptors (Lipinski definition) is 3. The molecule has 0 spiro atoms. The minimum Gasteiger partial charge on any atom is -0.352 e. The van der Waals surface area contributed by atoms with E-state index >= 15 is 0 Å². The van der Waals surface area contributed by atoms with E-state index in [0.29, 0.717) is 28.8 Å². The van der Waals surface area contributed by atoms with Gasteiger partial charge < -0.3 is 10.2 Å². The quantitative estimate of drug-likeness (QED) is 0.252. The van der Waals surface area contributed by atoms with E-state index < -0.39 is 6.04 Å². The predicted molar refractivity (Wildman–Crippen MR) is 155 cm³/mol. The monoisotopic (exact) mass is 606 g/mol. The highest BCUT2D eigenvalue weighted by Crippen LogP contribution is 2.25. The first-order chi connectivity index (χ1) is 17.2. The normalized spacial score (nSPS) is 11.8. The second-order valence-corrected chi connectivity index (χ2v) is 11.5.